The van der Waals surface area contributed by atoms with Crippen LogP contribution in [0.15, 0.2) is 18.2 Å². The first kappa shape index (κ1) is 18.4. The highest BCUT2D eigenvalue weighted by Gasteiger charge is 2.40. The van der Waals surface area contributed by atoms with Gasteiger partial charge in [-0.15, -0.1) is 12.4 Å². The second-order valence-electron chi connectivity index (χ2n) is 6.08. The number of amides is 3. The third-order valence-corrected chi connectivity index (χ3v) is 4.55. The van der Waals surface area contributed by atoms with Gasteiger partial charge >= 0.3 is 0 Å². The Morgan fingerprint density at radius 2 is 1.79 bits per heavy atom. The lowest BCUT2D eigenvalue weighted by Gasteiger charge is -2.29. The Kier molecular flexibility index (Phi) is 5.96. The summed E-state index contributed by atoms with van der Waals surface area (Å²) in [5.74, 6) is -0.786. The van der Waals surface area contributed by atoms with Gasteiger partial charge in [-0.25, -0.2) is 0 Å². The van der Waals surface area contributed by atoms with E-state index in [2.05, 4.69) is 5.32 Å². The van der Waals surface area contributed by atoms with Crippen LogP contribution in [0.2, 0.25) is 0 Å². The summed E-state index contributed by atoms with van der Waals surface area (Å²) in [5.41, 5.74) is 6.48. The first-order chi connectivity index (χ1) is 11.1. The molecule has 2 aliphatic rings. The van der Waals surface area contributed by atoms with Gasteiger partial charge in [0.15, 0.2) is 0 Å². The van der Waals surface area contributed by atoms with Gasteiger partial charge in [-0.3, -0.25) is 19.3 Å². The average Bonchev–Trinajstić information content (AvgIpc) is 2.84. The third kappa shape index (κ3) is 3.30. The van der Waals surface area contributed by atoms with Crippen molar-refractivity contribution in [3.05, 3.63) is 34.9 Å². The van der Waals surface area contributed by atoms with E-state index in [0.717, 1.165) is 32.1 Å². The zero-order valence-electron chi connectivity index (χ0n) is 13.4. The Morgan fingerprint density at radius 1 is 1.12 bits per heavy atom. The van der Waals surface area contributed by atoms with Gasteiger partial charge in [0.25, 0.3) is 17.7 Å². The van der Waals surface area contributed by atoms with Crippen molar-refractivity contribution in [2.24, 2.45) is 5.73 Å². The van der Waals surface area contributed by atoms with Gasteiger partial charge in [0.2, 0.25) is 0 Å². The molecule has 1 aliphatic carbocycles. The van der Waals surface area contributed by atoms with E-state index in [1.54, 1.807) is 12.1 Å². The van der Waals surface area contributed by atoms with Crippen LogP contribution in [0.5, 0.6) is 0 Å². The van der Waals surface area contributed by atoms with Crippen molar-refractivity contribution in [2.45, 2.75) is 38.1 Å². The van der Waals surface area contributed by atoms with Gasteiger partial charge in [-0.1, -0.05) is 19.3 Å². The SMILES string of the molecule is Cl.NCCNC(=O)c1ccc2c(c1)C(=O)N(C1CCCCC1)C2=O. The minimum atomic E-state index is -0.283. The van der Waals surface area contributed by atoms with Crippen LogP contribution in [-0.4, -0.2) is 41.8 Å². The molecule has 7 heteroatoms. The molecule has 6 nitrogen and oxygen atoms in total. The molecular weight excluding hydrogens is 330 g/mol. The molecule has 0 saturated heterocycles. The van der Waals surface area contributed by atoms with Gasteiger partial charge in [-0.05, 0) is 31.0 Å². The van der Waals surface area contributed by atoms with Crippen molar-refractivity contribution in [1.29, 1.82) is 0 Å². The molecule has 1 aromatic rings. The van der Waals surface area contributed by atoms with Crippen LogP contribution < -0.4 is 11.1 Å². The highest BCUT2D eigenvalue weighted by molar-refractivity contribution is 6.22. The molecule has 3 rings (SSSR count). The number of imide groups is 1. The number of fused-ring (bicyclic) bond motifs is 1. The fraction of sp³-hybridized carbons (Fsp3) is 0.471. The van der Waals surface area contributed by atoms with E-state index in [4.69, 9.17) is 5.73 Å². The van der Waals surface area contributed by atoms with Crippen molar-refractivity contribution >= 4 is 30.1 Å². The second-order valence-corrected chi connectivity index (χ2v) is 6.08. The summed E-state index contributed by atoms with van der Waals surface area (Å²) in [5, 5.41) is 2.67. The van der Waals surface area contributed by atoms with Crippen LogP contribution in [0.4, 0.5) is 0 Å². The lowest BCUT2D eigenvalue weighted by atomic mass is 9.94. The van der Waals surface area contributed by atoms with Crippen molar-refractivity contribution < 1.29 is 14.4 Å². The van der Waals surface area contributed by atoms with E-state index in [1.165, 1.54) is 11.0 Å². The predicted molar refractivity (Wildman–Crippen MR) is 92.5 cm³/mol. The Hall–Kier alpha value is -1.92. The van der Waals surface area contributed by atoms with Gasteiger partial charge < -0.3 is 11.1 Å². The summed E-state index contributed by atoms with van der Waals surface area (Å²) >= 11 is 0. The van der Waals surface area contributed by atoms with E-state index in [0.29, 0.717) is 29.8 Å². The van der Waals surface area contributed by atoms with Crippen LogP contribution in [0, 0.1) is 0 Å². The topological polar surface area (TPSA) is 92.5 Å². The van der Waals surface area contributed by atoms with Crippen LogP contribution in [0.25, 0.3) is 0 Å². The third-order valence-electron chi connectivity index (χ3n) is 4.55. The van der Waals surface area contributed by atoms with Crippen LogP contribution in [0.3, 0.4) is 0 Å². The monoisotopic (exact) mass is 351 g/mol. The normalized spacial score (nSPS) is 17.5. The van der Waals surface area contributed by atoms with E-state index < -0.39 is 0 Å². The van der Waals surface area contributed by atoms with Crippen molar-refractivity contribution in [2.75, 3.05) is 13.1 Å². The Bertz CT molecular complexity index is 656. The number of rotatable bonds is 4. The first-order valence-electron chi connectivity index (χ1n) is 8.13. The zero-order chi connectivity index (χ0) is 16.4. The minimum absolute atomic E-state index is 0. The molecule has 130 valence electrons. The van der Waals surface area contributed by atoms with E-state index in [9.17, 15) is 14.4 Å². The maximum atomic E-state index is 12.6. The predicted octanol–water partition coefficient (Wildman–Crippen LogP) is 1.73. The minimum Gasteiger partial charge on any atom is -0.351 e. The number of nitrogens with zero attached hydrogens (tertiary/aromatic N) is 1. The summed E-state index contributed by atoms with van der Waals surface area (Å²) < 4.78 is 0. The fourth-order valence-corrected chi connectivity index (χ4v) is 3.36. The number of benzene rings is 1. The molecular formula is C17H22ClN3O3. The molecule has 0 bridgehead atoms. The molecule has 3 N–H and O–H groups in total. The molecule has 1 saturated carbocycles. The highest BCUT2D eigenvalue weighted by atomic mass is 35.5. The number of carbonyl (C=O) groups is 3. The summed E-state index contributed by atoms with van der Waals surface area (Å²) in [7, 11) is 0. The van der Waals surface area contributed by atoms with E-state index in [-0.39, 0.29) is 36.2 Å². The van der Waals surface area contributed by atoms with Crippen molar-refractivity contribution in [1.82, 2.24) is 10.2 Å². The number of halogens is 1. The molecule has 1 aromatic carbocycles. The second kappa shape index (κ2) is 7.77. The summed E-state index contributed by atoms with van der Waals surface area (Å²) in [6.45, 7) is 0.723. The molecule has 0 unspecified atom stereocenters. The number of carbonyl (C=O) groups excluding carboxylic acids is 3. The van der Waals surface area contributed by atoms with Gasteiger partial charge in [0.05, 0.1) is 11.1 Å². The molecule has 1 heterocycles. The molecule has 1 fully saturated rings. The zero-order valence-corrected chi connectivity index (χ0v) is 14.2. The molecule has 0 radical (unpaired) electrons. The van der Waals surface area contributed by atoms with Crippen LogP contribution in [0.1, 0.15) is 63.2 Å². The standard InChI is InChI=1S/C17H21N3O3.ClH/c18-8-9-19-15(21)11-6-7-13-14(10-11)17(23)20(16(13)22)12-4-2-1-3-5-12;/h6-7,10,12H,1-5,8-9,18H2,(H,19,21);1H. The lowest BCUT2D eigenvalue weighted by Crippen LogP contribution is -2.40. The lowest BCUT2D eigenvalue weighted by molar-refractivity contribution is 0.0549. The summed E-state index contributed by atoms with van der Waals surface area (Å²) in [6.07, 6.45) is 4.99. The molecule has 1 aliphatic heterocycles. The molecule has 24 heavy (non-hydrogen) atoms. The smallest absolute Gasteiger partial charge is 0.261 e. The number of nitrogens with two attached hydrogens (primary N) is 1. The fourth-order valence-electron chi connectivity index (χ4n) is 3.36. The Morgan fingerprint density at radius 3 is 2.46 bits per heavy atom. The van der Waals surface area contributed by atoms with Gasteiger partial charge in [0.1, 0.15) is 0 Å². The van der Waals surface area contributed by atoms with Gasteiger partial charge in [-0.2, -0.15) is 0 Å². The maximum Gasteiger partial charge on any atom is 0.261 e. The summed E-state index contributed by atoms with van der Waals surface area (Å²) in [6, 6.07) is 4.67. The van der Waals surface area contributed by atoms with Crippen LogP contribution >= 0.6 is 12.4 Å². The highest BCUT2D eigenvalue weighted by Crippen LogP contribution is 2.31. The Labute approximate surface area is 147 Å². The number of hydrogen-bond acceptors (Lipinski definition) is 4. The average molecular weight is 352 g/mol. The van der Waals surface area contributed by atoms with Crippen molar-refractivity contribution in [3.63, 3.8) is 0 Å². The summed E-state index contributed by atoms with van der Waals surface area (Å²) in [4.78, 5) is 38.6. The number of nitrogens with one attached hydrogen (secondary N) is 1. The number of hydrogen-bond donors (Lipinski definition) is 2. The Balaban J connectivity index is 0.00000208. The molecule has 0 aromatic heterocycles. The van der Waals surface area contributed by atoms with E-state index in [1.807, 2.05) is 0 Å². The van der Waals surface area contributed by atoms with Gasteiger partial charge in [0, 0.05) is 24.7 Å². The molecule has 0 atom stereocenters. The first-order valence-corrected chi connectivity index (χ1v) is 8.13. The van der Waals surface area contributed by atoms with Crippen molar-refractivity contribution in [3.8, 4) is 0 Å². The molecule has 0 spiro atoms. The molecule has 3 amide bonds. The quantitative estimate of drug-likeness (QED) is 0.808. The van der Waals surface area contributed by atoms with E-state index >= 15 is 0 Å². The maximum absolute atomic E-state index is 12.6. The van der Waals surface area contributed by atoms with Crippen LogP contribution in [-0.2, 0) is 0 Å². The largest absolute Gasteiger partial charge is 0.351 e.